The second kappa shape index (κ2) is 13.5. The molecule has 6 nitrogen and oxygen atoms in total. The highest BCUT2D eigenvalue weighted by Crippen LogP contribution is 2.22. The van der Waals surface area contributed by atoms with E-state index in [9.17, 15) is 5.11 Å². The van der Waals surface area contributed by atoms with Gasteiger partial charge in [0.2, 0.25) is 0 Å². The van der Waals surface area contributed by atoms with E-state index in [4.69, 9.17) is 21.1 Å². The first-order valence-corrected chi connectivity index (χ1v) is 9.61. The number of aliphatic hydroxyl groups is 1. The van der Waals surface area contributed by atoms with Crippen molar-refractivity contribution in [2.24, 2.45) is 4.99 Å². The van der Waals surface area contributed by atoms with E-state index in [0.29, 0.717) is 17.5 Å². The standard InChI is InChI=1S/C21H28ClN3O3.HI/c1-4-23-21(24-12-11-15-5-10-18(28-3)13-19(15)22)25-14-20(26)16-6-8-17(27-2)9-7-16;/h5-10,13,20,26H,4,11-12,14H2,1-3H3,(H2,23,24,25);1H. The third-order valence-electron chi connectivity index (χ3n) is 4.21. The monoisotopic (exact) mass is 533 g/mol. The van der Waals surface area contributed by atoms with Crippen LogP contribution in [0.2, 0.25) is 5.02 Å². The number of hydrogen-bond acceptors (Lipinski definition) is 4. The van der Waals surface area contributed by atoms with Crippen molar-refractivity contribution < 1.29 is 14.6 Å². The molecule has 8 heteroatoms. The largest absolute Gasteiger partial charge is 0.497 e. The second-order valence-corrected chi connectivity index (χ2v) is 6.55. The van der Waals surface area contributed by atoms with Crippen molar-refractivity contribution >= 4 is 41.5 Å². The zero-order chi connectivity index (χ0) is 20.4. The van der Waals surface area contributed by atoms with Gasteiger partial charge in [-0.15, -0.1) is 24.0 Å². The molecule has 3 N–H and O–H groups in total. The molecular formula is C21H29ClIN3O3. The molecular weight excluding hydrogens is 505 g/mol. The number of methoxy groups -OCH3 is 2. The lowest BCUT2D eigenvalue weighted by molar-refractivity contribution is 0.187. The van der Waals surface area contributed by atoms with Crippen LogP contribution >= 0.6 is 35.6 Å². The SMILES string of the molecule is CCNC(=NCC(O)c1ccc(OC)cc1)NCCc1ccc(OC)cc1Cl.I. The van der Waals surface area contributed by atoms with Gasteiger partial charge in [-0.1, -0.05) is 29.8 Å². The molecule has 0 heterocycles. The molecule has 0 aromatic heterocycles. The number of guanidine groups is 1. The molecule has 0 fully saturated rings. The van der Waals surface area contributed by atoms with Gasteiger partial charge in [0.25, 0.3) is 0 Å². The number of benzene rings is 2. The zero-order valence-electron chi connectivity index (χ0n) is 16.9. The number of nitrogens with one attached hydrogen (secondary N) is 2. The molecule has 0 radical (unpaired) electrons. The predicted octanol–water partition coefficient (Wildman–Crippen LogP) is 3.81. The fraction of sp³-hybridized carbons (Fsp3) is 0.381. The Morgan fingerprint density at radius 3 is 2.31 bits per heavy atom. The molecule has 0 spiro atoms. The summed E-state index contributed by atoms with van der Waals surface area (Å²) in [6.45, 7) is 3.65. The van der Waals surface area contributed by atoms with Crippen LogP contribution in [0.1, 0.15) is 24.2 Å². The fourth-order valence-corrected chi connectivity index (χ4v) is 2.89. The van der Waals surface area contributed by atoms with E-state index in [0.717, 1.165) is 35.6 Å². The molecule has 0 aliphatic carbocycles. The molecule has 0 amide bonds. The summed E-state index contributed by atoms with van der Waals surface area (Å²) in [6.07, 6.45) is 0.0614. The Morgan fingerprint density at radius 2 is 1.72 bits per heavy atom. The van der Waals surface area contributed by atoms with Crippen molar-refractivity contribution in [3.05, 3.63) is 58.6 Å². The third-order valence-corrected chi connectivity index (χ3v) is 4.57. The van der Waals surface area contributed by atoms with Crippen LogP contribution in [0.3, 0.4) is 0 Å². The smallest absolute Gasteiger partial charge is 0.191 e. The molecule has 1 atom stereocenters. The van der Waals surface area contributed by atoms with Crippen LogP contribution in [-0.4, -0.2) is 44.9 Å². The highest BCUT2D eigenvalue weighted by Gasteiger charge is 2.08. The molecule has 1 unspecified atom stereocenters. The van der Waals surface area contributed by atoms with E-state index in [1.165, 1.54) is 0 Å². The molecule has 0 saturated heterocycles. The van der Waals surface area contributed by atoms with Crippen molar-refractivity contribution in [1.82, 2.24) is 10.6 Å². The first-order valence-electron chi connectivity index (χ1n) is 9.24. The van der Waals surface area contributed by atoms with Crippen LogP contribution < -0.4 is 20.1 Å². The molecule has 0 bridgehead atoms. The van der Waals surface area contributed by atoms with Gasteiger partial charge in [-0.25, -0.2) is 0 Å². The average Bonchev–Trinajstić information content (AvgIpc) is 2.72. The quantitative estimate of drug-likeness (QED) is 0.260. The lowest BCUT2D eigenvalue weighted by atomic mass is 10.1. The summed E-state index contributed by atoms with van der Waals surface area (Å²) < 4.78 is 10.3. The van der Waals surface area contributed by atoms with Gasteiger partial charge in [-0.2, -0.15) is 0 Å². The Morgan fingerprint density at radius 1 is 1.07 bits per heavy atom. The Bertz CT molecular complexity index is 772. The summed E-state index contributed by atoms with van der Waals surface area (Å²) in [5.74, 6) is 2.15. The number of nitrogens with zero attached hydrogens (tertiary/aromatic N) is 1. The summed E-state index contributed by atoms with van der Waals surface area (Å²) in [7, 11) is 3.23. The van der Waals surface area contributed by atoms with Gasteiger partial charge in [0.15, 0.2) is 5.96 Å². The summed E-state index contributed by atoms with van der Waals surface area (Å²) in [5.41, 5.74) is 1.83. The Balaban J connectivity index is 0.00000420. The number of ether oxygens (including phenoxy) is 2. The van der Waals surface area contributed by atoms with Crippen LogP contribution in [0.4, 0.5) is 0 Å². The number of hydrogen-bond donors (Lipinski definition) is 3. The molecule has 0 aliphatic heterocycles. The summed E-state index contributed by atoms with van der Waals surface area (Å²) in [4.78, 5) is 4.47. The minimum Gasteiger partial charge on any atom is -0.497 e. The third kappa shape index (κ3) is 8.28. The van der Waals surface area contributed by atoms with Crippen molar-refractivity contribution in [2.75, 3.05) is 33.9 Å². The van der Waals surface area contributed by atoms with E-state index in [-0.39, 0.29) is 30.5 Å². The molecule has 2 rings (SSSR count). The maximum absolute atomic E-state index is 10.4. The maximum atomic E-state index is 10.4. The van der Waals surface area contributed by atoms with E-state index in [2.05, 4.69) is 15.6 Å². The Hall–Kier alpha value is -1.71. The normalized spacial score (nSPS) is 12.0. The van der Waals surface area contributed by atoms with Crippen LogP contribution in [-0.2, 0) is 6.42 Å². The zero-order valence-corrected chi connectivity index (χ0v) is 20.0. The van der Waals surface area contributed by atoms with Crippen molar-refractivity contribution in [2.45, 2.75) is 19.4 Å². The van der Waals surface area contributed by atoms with Gasteiger partial charge in [-0.3, -0.25) is 4.99 Å². The van der Waals surface area contributed by atoms with Gasteiger partial charge < -0.3 is 25.2 Å². The number of halogens is 2. The van der Waals surface area contributed by atoms with Gasteiger partial charge >= 0.3 is 0 Å². The molecule has 2 aromatic rings. The lowest BCUT2D eigenvalue weighted by Gasteiger charge is -2.14. The summed E-state index contributed by atoms with van der Waals surface area (Å²) in [5, 5.41) is 17.5. The first-order chi connectivity index (χ1) is 13.6. The van der Waals surface area contributed by atoms with Crippen LogP contribution in [0.25, 0.3) is 0 Å². The van der Waals surface area contributed by atoms with E-state index >= 15 is 0 Å². The summed E-state index contributed by atoms with van der Waals surface area (Å²) >= 11 is 6.28. The Labute approximate surface area is 194 Å². The minimum atomic E-state index is -0.683. The number of rotatable bonds is 9. The van der Waals surface area contributed by atoms with Gasteiger partial charge in [0.05, 0.1) is 26.9 Å². The van der Waals surface area contributed by atoms with E-state index < -0.39 is 6.10 Å². The fourth-order valence-electron chi connectivity index (χ4n) is 2.62. The summed E-state index contributed by atoms with van der Waals surface area (Å²) in [6, 6.07) is 13.0. The van der Waals surface area contributed by atoms with E-state index in [1.807, 2.05) is 43.3 Å². The topological polar surface area (TPSA) is 75.1 Å². The molecule has 160 valence electrons. The van der Waals surface area contributed by atoms with Gasteiger partial charge in [-0.05, 0) is 48.7 Å². The maximum Gasteiger partial charge on any atom is 0.191 e. The second-order valence-electron chi connectivity index (χ2n) is 6.14. The van der Waals surface area contributed by atoms with Crippen molar-refractivity contribution in [3.63, 3.8) is 0 Å². The molecule has 0 saturated carbocycles. The van der Waals surface area contributed by atoms with Gasteiger partial charge in [0, 0.05) is 18.1 Å². The van der Waals surface area contributed by atoms with Crippen molar-refractivity contribution in [3.8, 4) is 11.5 Å². The number of aliphatic hydroxyl groups excluding tert-OH is 1. The minimum absolute atomic E-state index is 0. The number of aliphatic imine (C=N–C) groups is 1. The highest BCUT2D eigenvalue weighted by molar-refractivity contribution is 14.0. The molecule has 2 aromatic carbocycles. The first kappa shape index (κ1) is 25.3. The molecule has 0 aliphatic rings. The lowest BCUT2D eigenvalue weighted by Crippen LogP contribution is -2.38. The Kier molecular flexibility index (Phi) is 11.8. The molecule has 29 heavy (non-hydrogen) atoms. The van der Waals surface area contributed by atoms with Crippen molar-refractivity contribution in [1.29, 1.82) is 0 Å². The van der Waals surface area contributed by atoms with Crippen LogP contribution in [0.5, 0.6) is 11.5 Å². The van der Waals surface area contributed by atoms with E-state index in [1.54, 1.807) is 20.3 Å². The van der Waals surface area contributed by atoms with Crippen LogP contribution in [0, 0.1) is 0 Å². The van der Waals surface area contributed by atoms with Crippen LogP contribution in [0.15, 0.2) is 47.5 Å². The predicted molar refractivity (Wildman–Crippen MR) is 129 cm³/mol. The van der Waals surface area contributed by atoms with Gasteiger partial charge in [0.1, 0.15) is 11.5 Å². The average molecular weight is 534 g/mol. The highest BCUT2D eigenvalue weighted by atomic mass is 127.